The van der Waals surface area contributed by atoms with Crippen molar-refractivity contribution in [3.05, 3.63) is 99.7 Å². The van der Waals surface area contributed by atoms with E-state index in [9.17, 15) is 13.2 Å². The van der Waals surface area contributed by atoms with E-state index in [1.807, 2.05) is 6.92 Å². The number of hydrogen-bond acceptors (Lipinski definition) is 4. The number of aromatic nitrogens is 2. The average Bonchev–Trinajstić information content (AvgIpc) is 3.19. The maximum atomic E-state index is 13.0. The van der Waals surface area contributed by atoms with Crippen LogP contribution in [-0.2, 0) is 10.0 Å². The number of rotatable bonds is 4. The molecule has 0 bridgehead atoms. The van der Waals surface area contributed by atoms with Gasteiger partial charge in [-0.15, -0.1) is 0 Å². The largest absolute Gasteiger partial charge is 0.289 e. The van der Waals surface area contributed by atoms with Crippen molar-refractivity contribution >= 4 is 50.8 Å². The van der Waals surface area contributed by atoms with Crippen LogP contribution in [-0.4, -0.2) is 31.0 Å². The van der Waals surface area contributed by atoms with Gasteiger partial charge in [-0.3, -0.25) is 9.10 Å². The van der Waals surface area contributed by atoms with Gasteiger partial charge in [0.2, 0.25) is 0 Å². The van der Waals surface area contributed by atoms with Gasteiger partial charge in [0.1, 0.15) is 11.4 Å². The Kier molecular flexibility index (Phi) is 5.79. The topological polar surface area (TPSA) is 72.3 Å². The van der Waals surface area contributed by atoms with Crippen LogP contribution in [0.1, 0.15) is 21.6 Å². The summed E-state index contributed by atoms with van der Waals surface area (Å²) in [4.78, 5) is 12.9. The van der Waals surface area contributed by atoms with Gasteiger partial charge < -0.3 is 0 Å². The molecule has 1 aliphatic rings. The molecule has 35 heavy (non-hydrogen) atoms. The van der Waals surface area contributed by atoms with Crippen LogP contribution in [0, 0.1) is 6.92 Å². The zero-order valence-corrected chi connectivity index (χ0v) is 21.1. The van der Waals surface area contributed by atoms with E-state index in [2.05, 4.69) is 0 Å². The normalized spacial score (nSPS) is 14.1. The Labute approximate surface area is 213 Å². The Bertz CT molecular complexity index is 1620. The Balaban J connectivity index is 1.47. The van der Waals surface area contributed by atoms with E-state index in [-0.39, 0.29) is 10.7 Å². The number of hydrogen-bond donors (Lipinski definition) is 0. The molecule has 1 aliphatic heterocycles. The molecule has 0 amide bonds. The summed E-state index contributed by atoms with van der Waals surface area (Å²) in [6.07, 6.45) is 3.10. The van der Waals surface area contributed by atoms with E-state index < -0.39 is 10.0 Å². The molecule has 6 nitrogen and oxygen atoms in total. The Morgan fingerprint density at radius 3 is 2.43 bits per heavy atom. The van der Waals surface area contributed by atoms with Gasteiger partial charge in [0.15, 0.2) is 5.78 Å². The molecule has 176 valence electrons. The molecule has 2 heterocycles. The molecule has 0 atom stereocenters. The predicted octanol–water partition coefficient (Wildman–Crippen LogP) is 6.19. The van der Waals surface area contributed by atoms with Gasteiger partial charge in [-0.1, -0.05) is 47.5 Å². The van der Waals surface area contributed by atoms with Crippen molar-refractivity contribution in [3.63, 3.8) is 0 Å². The van der Waals surface area contributed by atoms with Crippen molar-refractivity contribution in [3.8, 4) is 16.9 Å². The van der Waals surface area contributed by atoms with Crippen molar-refractivity contribution in [2.24, 2.45) is 0 Å². The first-order chi connectivity index (χ1) is 16.7. The number of carbonyl (C=O) groups excluding carboxylic acids is 1. The van der Waals surface area contributed by atoms with Crippen LogP contribution in [0.25, 0.3) is 23.0 Å². The van der Waals surface area contributed by atoms with Gasteiger partial charge in [0.05, 0.1) is 16.3 Å². The molecule has 0 radical (unpaired) electrons. The van der Waals surface area contributed by atoms with E-state index in [1.165, 1.54) is 17.4 Å². The van der Waals surface area contributed by atoms with Crippen molar-refractivity contribution in [1.82, 2.24) is 9.78 Å². The monoisotopic (exact) mass is 523 g/mol. The van der Waals surface area contributed by atoms with Crippen LogP contribution in [0.2, 0.25) is 10.0 Å². The van der Waals surface area contributed by atoms with Crippen LogP contribution in [0.3, 0.4) is 0 Å². The number of carbonyl (C=O) groups is 1. The molecule has 3 aromatic carbocycles. The summed E-state index contributed by atoms with van der Waals surface area (Å²) in [6, 6.07) is 18.9. The van der Waals surface area contributed by atoms with Gasteiger partial charge in [-0.2, -0.15) is 5.10 Å². The summed E-state index contributed by atoms with van der Waals surface area (Å²) in [6.45, 7) is 1.82. The van der Waals surface area contributed by atoms with Gasteiger partial charge in [0, 0.05) is 28.2 Å². The summed E-state index contributed by atoms with van der Waals surface area (Å²) in [7, 11) is -2.14. The predicted molar refractivity (Wildman–Crippen MR) is 139 cm³/mol. The van der Waals surface area contributed by atoms with Crippen LogP contribution in [0.4, 0.5) is 5.69 Å². The van der Waals surface area contributed by atoms with Gasteiger partial charge in [-0.25, -0.2) is 13.1 Å². The second-order valence-electron chi connectivity index (χ2n) is 8.07. The Hall–Kier alpha value is -3.39. The zero-order chi connectivity index (χ0) is 24.9. The fourth-order valence-corrected chi connectivity index (χ4v) is 6.04. The van der Waals surface area contributed by atoms with Crippen molar-refractivity contribution in [2.45, 2.75) is 11.8 Å². The third-order valence-corrected chi connectivity index (χ3v) is 8.33. The third kappa shape index (κ3) is 3.95. The first-order valence-corrected chi connectivity index (χ1v) is 12.8. The fraction of sp³-hybridized carbons (Fsp3) is 0.0769. The lowest BCUT2D eigenvalue weighted by molar-refractivity contribution is 0.104. The van der Waals surface area contributed by atoms with Crippen molar-refractivity contribution < 1.29 is 13.2 Å². The Morgan fingerprint density at radius 2 is 1.71 bits per heavy atom. The highest BCUT2D eigenvalue weighted by Gasteiger charge is 2.36. The summed E-state index contributed by atoms with van der Waals surface area (Å²) >= 11 is 12.1. The standard InChI is InChI=1S/C26H19Cl2N3O3S/c1-16-26-25(21-5-3-4-6-24(21)35(33,34)30(26)2)29-31(16)20-12-8-18(9-13-20)23(32)14-10-17-7-11-19(27)15-22(17)28/h3-15H,1-2H3/b14-10+. The smallest absolute Gasteiger partial charge is 0.264 e. The second kappa shape index (κ2) is 8.68. The molecule has 0 saturated heterocycles. The lowest BCUT2D eigenvalue weighted by atomic mass is 10.1. The van der Waals surface area contributed by atoms with E-state index in [0.29, 0.717) is 49.5 Å². The molecule has 4 aromatic rings. The van der Waals surface area contributed by atoms with Gasteiger partial charge in [0.25, 0.3) is 10.0 Å². The number of benzene rings is 3. The molecule has 5 rings (SSSR count). The number of allylic oxidation sites excluding steroid dienone is 1. The van der Waals surface area contributed by atoms with Crippen LogP contribution < -0.4 is 4.31 Å². The van der Waals surface area contributed by atoms with Crippen molar-refractivity contribution in [2.75, 3.05) is 11.4 Å². The molecule has 0 spiro atoms. The number of sulfonamides is 1. The molecular weight excluding hydrogens is 505 g/mol. The molecule has 1 aromatic heterocycles. The first kappa shape index (κ1) is 23.4. The highest BCUT2D eigenvalue weighted by molar-refractivity contribution is 7.93. The second-order valence-corrected chi connectivity index (χ2v) is 10.9. The summed E-state index contributed by atoms with van der Waals surface area (Å²) in [5.41, 5.74) is 4.27. The number of ketones is 1. The van der Waals surface area contributed by atoms with Gasteiger partial charge >= 0.3 is 0 Å². The highest BCUT2D eigenvalue weighted by Crippen LogP contribution is 2.43. The summed E-state index contributed by atoms with van der Waals surface area (Å²) in [5.74, 6) is -0.182. The maximum absolute atomic E-state index is 13.0. The number of nitrogens with zero attached hydrogens (tertiary/aromatic N) is 3. The first-order valence-electron chi connectivity index (χ1n) is 10.6. The Morgan fingerprint density at radius 1 is 1.00 bits per heavy atom. The van der Waals surface area contributed by atoms with Crippen LogP contribution >= 0.6 is 23.2 Å². The van der Waals surface area contributed by atoms with Gasteiger partial charge in [-0.05, 0) is 67.1 Å². The molecular formula is C26H19Cl2N3O3S. The lowest BCUT2D eigenvalue weighted by Gasteiger charge is -2.26. The van der Waals surface area contributed by atoms with Crippen LogP contribution in [0.5, 0.6) is 0 Å². The SMILES string of the molecule is Cc1c2c(nn1-c1ccc(C(=O)/C=C/c3ccc(Cl)cc3Cl)cc1)-c1ccccc1S(=O)(=O)N2C. The third-order valence-electron chi connectivity index (χ3n) is 5.95. The molecule has 9 heteroatoms. The molecule has 0 fully saturated rings. The summed E-state index contributed by atoms with van der Waals surface area (Å²) in [5, 5.41) is 5.72. The fourth-order valence-electron chi connectivity index (χ4n) is 4.12. The minimum Gasteiger partial charge on any atom is -0.289 e. The molecule has 0 unspecified atom stereocenters. The lowest BCUT2D eigenvalue weighted by Crippen LogP contribution is -2.30. The minimum atomic E-state index is -3.67. The number of halogens is 2. The number of fused-ring (bicyclic) bond motifs is 3. The highest BCUT2D eigenvalue weighted by atomic mass is 35.5. The molecule has 0 aliphatic carbocycles. The number of anilines is 1. The molecule has 0 N–H and O–H groups in total. The van der Waals surface area contributed by atoms with E-state index in [1.54, 1.807) is 77.5 Å². The quantitative estimate of drug-likeness (QED) is 0.236. The van der Waals surface area contributed by atoms with E-state index in [0.717, 1.165) is 0 Å². The average molecular weight is 524 g/mol. The van der Waals surface area contributed by atoms with Crippen molar-refractivity contribution in [1.29, 1.82) is 0 Å². The van der Waals surface area contributed by atoms with Crippen LogP contribution in [0.15, 0.2) is 77.7 Å². The zero-order valence-electron chi connectivity index (χ0n) is 18.7. The molecule has 0 saturated carbocycles. The van der Waals surface area contributed by atoms with E-state index >= 15 is 0 Å². The minimum absolute atomic E-state index is 0.182. The maximum Gasteiger partial charge on any atom is 0.264 e. The summed E-state index contributed by atoms with van der Waals surface area (Å²) < 4.78 is 29.0. The van der Waals surface area contributed by atoms with E-state index in [4.69, 9.17) is 28.3 Å².